The second-order valence-corrected chi connectivity index (χ2v) is 13.5. The van der Waals surface area contributed by atoms with Crippen molar-refractivity contribution in [1.29, 1.82) is 0 Å². The number of ketones is 1. The lowest BCUT2D eigenvalue weighted by Crippen LogP contribution is -2.41. The number of para-hydroxylation sites is 1. The highest BCUT2D eigenvalue weighted by Gasteiger charge is 2.48. The van der Waals surface area contributed by atoms with Gasteiger partial charge in [0.2, 0.25) is 5.88 Å². The number of nitrogens with zero attached hydrogens (tertiary/aromatic N) is 4. The summed E-state index contributed by atoms with van der Waals surface area (Å²) >= 11 is 6.17. The fourth-order valence-electron chi connectivity index (χ4n) is 5.91. The Morgan fingerprint density at radius 2 is 2.02 bits per heavy atom. The normalized spacial score (nSPS) is 25.9. The summed E-state index contributed by atoms with van der Waals surface area (Å²) in [5.74, 6) is -2.59. The van der Waals surface area contributed by atoms with E-state index in [0.29, 0.717) is 11.0 Å². The number of Topliss-reactive ketones (excluding diaryl/α,β-unsaturated/α-hetero) is 1. The minimum Gasteiger partial charge on any atom is -0.472 e. The first-order valence-corrected chi connectivity index (χ1v) is 15.5. The summed E-state index contributed by atoms with van der Waals surface area (Å²) in [6.07, 6.45) is -2.58. The van der Waals surface area contributed by atoms with Gasteiger partial charge in [-0.1, -0.05) is 30.7 Å². The molecule has 0 spiro atoms. The summed E-state index contributed by atoms with van der Waals surface area (Å²) in [4.78, 5) is 26.7. The minimum absolute atomic E-state index is 0.0169. The highest BCUT2D eigenvalue weighted by atomic mass is 35.5. The molecule has 6 rings (SSSR count). The van der Waals surface area contributed by atoms with Gasteiger partial charge in [-0.05, 0) is 25.1 Å². The number of sulfone groups is 1. The van der Waals surface area contributed by atoms with Gasteiger partial charge in [-0.3, -0.25) is 4.79 Å². The maximum atomic E-state index is 16.5. The van der Waals surface area contributed by atoms with E-state index in [1.54, 1.807) is 29.2 Å². The number of rotatable bonds is 6. The number of anilines is 1. The molecule has 2 saturated heterocycles. The Balaban J connectivity index is 1.38. The van der Waals surface area contributed by atoms with Crippen LogP contribution in [0.3, 0.4) is 0 Å². The number of pyridine rings is 1. The van der Waals surface area contributed by atoms with Crippen LogP contribution in [0.5, 0.6) is 5.88 Å². The zero-order chi connectivity index (χ0) is 30.0. The number of benzene rings is 1. The number of alkyl halides is 3. The number of carbonyl (C=O) groups excluding carboxylic acids is 1. The molecule has 0 unspecified atom stereocenters. The van der Waals surface area contributed by atoms with Crippen molar-refractivity contribution in [2.45, 2.75) is 50.9 Å². The molecule has 0 bridgehead atoms. The van der Waals surface area contributed by atoms with Crippen molar-refractivity contribution in [1.82, 2.24) is 15.0 Å². The van der Waals surface area contributed by atoms with Crippen molar-refractivity contribution in [3.63, 3.8) is 0 Å². The molecule has 1 aromatic carbocycles. The van der Waals surface area contributed by atoms with Gasteiger partial charge in [-0.25, -0.2) is 36.5 Å². The lowest BCUT2D eigenvalue weighted by molar-refractivity contribution is -0.118. The van der Waals surface area contributed by atoms with Crippen LogP contribution in [0.1, 0.15) is 44.5 Å². The molecule has 0 radical (unpaired) electrons. The topological polar surface area (TPSA) is 115 Å². The zero-order valence-electron chi connectivity index (χ0n) is 22.6. The Hall–Kier alpha value is -3.45. The molecule has 0 aliphatic carbocycles. The summed E-state index contributed by atoms with van der Waals surface area (Å²) in [5, 5.41) is 0.675. The van der Waals surface area contributed by atoms with Crippen LogP contribution in [-0.4, -0.2) is 59.3 Å². The largest absolute Gasteiger partial charge is 0.472 e. The summed E-state index contributed by atoms with van der Waals surface area (Å²) < 4.78 is 80.8. The molecule has 3 aromatic heterocycles. The Morgan fingerprint density at radius 1 is 1.26 bits per heavy atom. The van der Waals surface area contributed by atoms with Crippen LogP contribution in [0.2, 0.25) is 5.02 Å². The van der Waals surface area contributed by atoms with Crippen molar-refractivity contribution < 1.29 is 35.5 Å². The smallest absolute Gasteiger partial charge is 0.297 e. The first-order valence-electron chi connectivity index (χ1n) is 13.3. The van der Waals surface area contributed by atoms with Crippen LogP contribution in [-0.2, 0) is 20.3 Å². The van der Waals surface area contributed by atoms with E-state index in [1.807, 2.05) is 0 Å². The second-order valence-electron chi connectivity index (χ2n) is 10.9. The van der Waals surface area contributed by atoms with Crippen molar-refractivity contribution in [2.24, 2.45) is 5.92 Å². The van der Waals surface area contributed by atoms with Crippen molar-refractivity contribution >= 4 is 55.1 Å². The van der Waals surface area contributed by atoms with Crippen molar-refractivity contribution in [2.75, 3.05) is 23.0 Å². The van der Waals surface area contributed by atoms with Gasteiger partial charge in [0.05, 0.1) is 34.7 Å². The number of carbonyl (C=O) groups is 1. The van der Waals surface area contributed by atoms with Gasteiger partial charge >= 0.3 is 0 Å². The molecule has 2 aliphatic rings. The Morgan fingerprint density at radius 3 is 2.74 bits per heavy atom. The Kier molecular flexibility index (Phi) is 7.08. The fourth-order valence-corrected chi connectivity index (χ4v) is 7.87. The molecule has 0 saturated carbocycles. The van der Waals surface area contributed by atoms with E-state index in [1.165, 1.54) is 26.1 Å². The van der Waals surface area contributed by atoms with Crippen LogP contribution in [0.15, 0.2) is 40.9 Å². The number of halogens is 4. The standard InChI is InChI=1S/C28H26ClF3N4O5S/c1-14-13-42(38,39)8-7-28(14,32)19-9-16(29)11-33-27(19)40-17-10-20(15(2)37)36(12-17)26-23-22(34-25(35-26)24(30)31)18-5-3-4-6-21(18)41-23/h3-6,9,11,14,17,20,24H,7-8,10,12-13H2,1-2H3/t14-,17-,20-,28+/m0/s1. The van der Waals surface area contributed by atoms with Crippen molar-refractivity contribution in [3.8, 4) is 5.88 Å². The summed E-state index contributed by atoms with van der Waals surface area (Å²) in [6.45, 7) is 2.90. The van der Waals surface area contributed by atoms with E-state index in [2.05, 4.69) is 15.0 Å². The predicted molar refractivity (Wildman–Crippen MR) is 150 cm³/mol. The number of hydrogen-bond acceptors (Lipinski definition) is 9. The average Bonchev–Trinajstić information content (AvgIpc) is 3.53. The molecule has 222 valence electrons. The van der Waals surface area contributed by atoms with Gasteiger partial charge in [-0.15, -0.1) is 0 Å². The van der Waals surface area contributed by atoms with E-state index in [0.717, 1.165) is 0 Å². The first-order chi connectivity index (χ1) is 19.9. The first kappa shape index (κ1) is 28.7. The summed E-state index contributed by atoms with van der Waals surface area (Å²) in [6, 6.07) is 7.41. The summed E-state index contributed by atoms with van der Waals surface area (Å²) in [7, 11) is -3.40. The van der Waals surface area contributed by atoms with E-state index in [-0.39, 0.29) is 70.1 Å². The molecular weight excluding hydrogens is 597 g/mol. The Bertz CT molecular complexity index is 1820. The Labute approximate surface area is 243 Å². The quantitative estimate of drug-likeness (QED) is 0.271. The van der Waals surface area contributed by atoms with Gasteiger partial charge in [0.15, 0.2) is 32.8 Å². The molecule has 42 heavy (non-hydrogen) atoms. The third kappa shape index (κ3) is 4.96. The third-order valence-electron chi connectivity index (χ3n) is 8.02. The van der Waals surface area contributed by atoms with Gasteiger partial charge in [0.25, 0.3) is 6.43 Å². The highest BCUT2D eigenvalue weighted by molar-refractivity contribution is 7.91. The maximum Gasteiger partial charge on any atom is 0.297 e. The predicted octanol–water partition coefficient (Wildman–Crippen LogP) is 5.60. The SMILES string of the molecule is CC(=O)[C@@H]1C[C@H](Oc2ncc(Cl)cc2[C@@]2(F)CCS(=O)(=O)C[C@@H]2C)CN1c1nc(C(F)F)nc2c1oc1ccccc12. The molecule has 4 aromatic rings. The second kappa shape index (κ2) is 10.4. The van der Waals surface area contributed by atoms with Gasteiger partial charge in [0.1, 0.15) is 22.9 Å². The number of aromatic nitrogens is 3. The molecule has 14 heteroatoms. The van der Waals surface area contributed by atoms with Crippen LogP contribution in [0.25, 0.3) is 22.1 Å². The van der Waals surface area contributed by atoms with Crippen molar-refractivity contribution in [3.05, 3.63) is 52.9 Å². The summed E-state index contributed by atoms with van der Waals surface area (Å²) in [5.41, 5.74) is -1.28. The molecule has 4 atom stereocenters. The van der Waals surface area contributed by atoms with Gasteiger partial charge < -0.3 is 14.1 Å². The number of furan rings is 1. The average molecular weight is 623 g/mol. The molecule has 5 heterocycles. The van der Waals surface area contributed by atoms with E-state index in [9.17, 15) is 22.0 Å². The monoisotopic (exact) mass is 622 g/mol. The maximum absolute atomic E-state index is 16.5. The van der Waals surface area contributed by atoms with Gasteiger partial charge in [-0.2, -0.15) is 0 Å². The number of ether oxygens (including phenoxy) is 1. The molecule has 0 N–H and O–H groups in total. The van der Waals surface area contributed by atoms with E-state index >= 15 is 4.39 Å². The van der Waals surface area contributed by atoms with Crippen LogP contribution in [0.4, 0.5) is 19.0 Å². The number of hydrogen-bond donors (Lipinski definition) is 0. The minimum atomic E-state index is -3.40. The highest BCUT2D eigenvalue weighted by Crippen LogP contribution is 2.46. The zero-order valence-corrected chi connectivity index (χ0v) is 24.1. The molecule has 0 amide bonds. The lowest BCUT2D eigenvalue weighted by Gasteiger charge is -2.36. The number of fused-ring (bicyclic) bond motifs is 3. The van der Waals surface area contributed by atoms with Crippen LogP contribution in [0, 0.1) is 5.92 Å². The molecule has 2 fully saturated rings. The third-order valence-corrected chi connectivity index (χ3v) is 10.1. The van der Waals surface area contributed by atoms with Crippen LogP contribution < -0.4 is 9.64 Å². The fraction of sp³-hybridized carbons (Fsp3) is 0.429. The molecule has 2 aliphatic heterocycles. The van der Waals surface area contributed by atoms with Gasteiger partial charge in [0, 0.05) is 30.3 Å². The van der Waals surface area contributed by atoms with Crippen LogP contribution >= 0.6 is 11.6 Å². The molecular formula is C28H26ClF3N4O5S. The molecule has 9 nitrogen and oxygen atoms in total. The van der Waals surface area contributed by atoms with E-state index < -0.39 is 45.8 Å². The van der Waals surface area contributed by atoms with E-state index in [4.69, 9.17) is 20.8 Å². The lowest BCUT2D eigenvalue weighted by atomic mass is 9.83.